The minimum absolute atomic E-state index is 0.257. The van der Waals surface area contributed by atoms with Crippen LogP contribution in [0.15, 0.2) is 43.0 Å². The summed E-state index contributed by atoms with van der Waals surface area (Å²) in [6.45, 7) is 1.96. The average Bonchev–Trinajstić information content (AvgIpc) is 3.05. The van der Waals surface area contributed by atoms with Gasteiger partial charge in [-0.25, -0.2) is 9.37 Å². The van der Waals surface area contributed by atoms with Crippen molar-refractivity contribution in [2.75, 3.05) is 25.5 Å². The molecule has 5 nitrogen and oxygen atoms in total. The molecule has 4 rings (SSSR count). The lowest BCUT2D eigenvalue weighted by molar-refractivity contribution is 0.122. The first-order valence-electron chi connectivity index (χ1n) is 9.08. The molecule has 0 unspecified atom stereocenters. The second-order valence-electron chi connectivity index (χ2n) is 7.16. The largest absolute Gasteiger partial charge is 0.384 e. The summed E-state index contributed by atoms with van der Waals surface area (Å²) >= 11 is 0. The number of benzene rings is 1. The van der Waals surface area contributed by atoms with E-state index in [0.717, 1.165) is 24.2 Å². The first kappa shape index (κ1) is 17.0. The second-order valence-corrected chi connectivity index (χ2v) is 7.16. The van der Waals surface area contributed by atoms with Crippen molar-refractivity contribution in [3.05, 3.63) is 54.5 Å². The van der Waals surface area contributed by atoms with E-state index in [2.05, 4.69) is 38.8 Å². The molecule has 2 aromatic heterocycles. The lowest BCUT2D eigenvalue weighted by atomic mass is 9.87. The molecule has 0 aliphatic carbocycles. The van der Waals surface area contributed by atoms with Gasteiger partial charge in [-0.15, -0.1) is 0 Å². The molecule has 26 heavy (non-hydrogen) atoms. The Bertz CT molecular complexity index is 906. The van der Waals surface area contributed by atoms with Crippen molar-refractivity contribution in [2.45, 2.75) is 18.9 Å². The van der Waals surface area contributed by atoms with Gasteiger partial charge in [0.15, 0.2) is 0 Å². The Kier molecular flexibility index (Phi) is 4.59. The fraction of sp³-hybridized carbons (Fsp3) is 0.400. The van der Waals surface area contributed by atoms with Crippen LogP contribution in [0.3, 0.4) is 0 Å². The van der Waals surface area contributed by atoms with E-state index in [4.69, 9.17) is 0 Å². The highest BCUT2D eigenvalue weighted by atomic mass is 19.1. The molecule has 1 aromatic carbocycles. The number of hydrogen-bond acceptors (Lipinski definition) is 4. The van der Waals surface area contributed by atoms with Gasteiger partial charge in [0.1, 0.15) is 5.82 Å². The third-order valence-electron chi connectivity index (χ3n) is 5.42. The van der Waals surface area contributed by atoms with E-state index < -0.39 is 0 Å². The highest BCUT2D eigenvalue weighted by Gasteiger charge is 2.32. The van der Waals surface area contributed by atoms with E-state index in [1.165, 1.54) is 30.7 Å². The number of aromatic nitrogens is 3. The van der Waals surface area contributed by atoms with Crippen LogP contribution in [0.5, 0.6) is 0 Å². The van der Waals surface area contributed by atoms with Crippen LogP contribution in [0, 0.1) is 11.7 Å². The number of anilines is 1. The number of fused-ring (bicyclic) bond motifs is 1. The third kappa shape index (κ3) is 3.17. The topological polar surface area (TPSA) is 46.0 Å². The van der Waals surface area contributed by atoms with Crippen molar-refractivity contribution in [1.82, 2.24) is 19.4 Å². The van der Waals surface area contributed by atoms with Crippen LogP contribution < -0.4 is 5.32 Å². The maximum Gasteiger partial charge on any atom is 0.125 e. The number of imidazole rings is 1. The van der Waals surface area contributed by atoms with Gasteiger partial charge in [0.05, 0.1) is 23.6 Å². The number of rotatable bonds is 4. The number of likely N-dealkylation sites (tertiary alicyclic amines) is 1. The van der Waals surface area contributed by atoms with Gasteiger partial charge in [-0.1, -0.05) is 0 Å². The summed E-state index contributed by atoms with van der Waals surface area (Å²) in [5, 5.41) is 4.54. The number of pyridine rings is 1. The zero-order valence-corrected chi connectivity index (χ0v) is 15.2. The molecule has 0 spiro atoms. The van der Waals surface area contributed by atoms with Crippen LogP contribution in [-0.2, 0) is 7.05 Å². The zero-order valence-electron chi connectivity index (χ0n) is 15.2. The first-order chi connectivity index (χ1) is 12.6. The fourth-order valence-electron chi connectivity index (χ4n) is 4.11. The van der Waals surface area contributed by atoms with E-state index in [9.17, 15) is 4.39 Å². The monoisotopic (exact) mass is 353 g/mol. The predicted octanol–water partition coefficient (Wildman–Crippen LogP) is 3.60. The second kappa shape index (κ2) is 7.03. The molecule has 0 saturated carbocycles. The van der Waals surface area contributed by atoms with Gasteiger partial charge in [-0.05, 0) is 50.6 Å². The summed E-state index contributed by atoms with van der Waals surface area (Å²) in [4.78, 5) is 11.0. The molecule has 0 radical (unpaired) electrons. The molecule has 1 saturated heterocycles. The summed E-state index contributed by atoms with van der Waals surface area (Å²) in [5.74, 6) is 0.222. The lowest BCUT2D eigenvalue weighted by Crippen LogP contribution is -2.39. The van der Waals surface area contributed by atoms with Crippen LogP contribution >= 0.6 is 0 Å². The molecule has 3 aromatic rings. The maximum atomic E-state index is 13.5. The summed E-state index contributed by atoms with van der Waals surface area (Å²) < 4.78 is 15.6. The Hall–Kier alpha value is -2.47. The van der Waals surface area contributed by atoms with Crippen LogP contribution in [-0.4, -0.2) is 39.6 Å². The SMILES string of the molecule is CN1CCC[C@@H](CNc2ccnc3cc(F)ccc23)[C@@H]1c1cncn1C. The Morgan fingerprint density at radius 2 is 2.15 bits per heavy atom. The molecule has 2 atom stereocenters. The standard InChI is InChI=1S/C20H24FN5/c1-25-9-3-4-14(20(25)19-12-22-13-26(19)2)11-24-17-7-8-23-18-10-15(21)5-6-16(17)18/h5-8,10,12-14,20H,3-4,9,11H2,1-2H3,(H,23,24)/t14-,20+/m0/s1. The molecule has 1 fully saturated rings. The molecule has 0 amide bonds. The molecule has 0 bridgehead atoms. The molecule has 1 aliphatic rings. The van der Waals surface area contributed by atoms with Crippen LogP contribution in [0.25, 0.3) is 10.9 Å². The Morgan fingerprint density at radius 1 is 1.27 bits per heavy atom. The highest BCUT2D eigenvalue weighted by Crippen LogP contribution is 2.35. The van der Waals surface area contributed by atoms with Gasteiger partial charge in [-0.3, -0.25) is 9.88 Å². The van der Waals surface area contributed by atoms with Gasteiger partial charge in [-0.2, -0.15) is 0 Å². The predicted molar refractivity (Wildman–Crippen MR) is 101 cm³/mol. The number of nitrogens with one attached hydrogen (secondary N) is 1. The summed E-state index contributed by atoms with van der Waals surface area (Å²) in [5.41, 5.74) is 2.94. The first-order valence-corrected chi connectivity index (χ1v) is 9.08. The molecule has 6 heteroatoms. The number of halogens is 1. The minimum Gasteiger partial charge on any atom is -0.384 e. The molecular formula is C20H24FN5. The fourth-order valence-corrected chi connectivity index (χ4v) is 4.11. The van der Waals surface area contributed by atoms with Crippen molar-refractivity contribution in [2.24, 2.45) is 13.0 Å². The Morgan fingerprint density at radius 3 is 2.96 bits per heavy atom. The van der Waals surface area contributed by atoms with Crippen molar-refractivity contribution in [1.29, 1.82) is 0 Å². The average molecular weight is 353 g/mol. The molecular weight excluding hydrogens is 329 g/mol. The van der Waals surface area contributed by atoms with Crippen LogP contribution in [0.2, 0.25) is 0 Å². The van der Waals surface area contributed by atoms with Gasteiger partial charge in [0.25, 0.3) is 0 Å². The number of nitrogens with zero attached hydrogens (tertiary/aromatic N) is 4. The third-order valence-corrected chi connectivity index (χ3v) is 5.42. The van der Waals surface area contributed by atoms with E-state index >= 15 is 0 Å². The number of hydrogen-bond donors (Lipinski definition) is 1. The van der Waals surface area contributed by atoms with Crippen molar-refractivity contribution >= 4 is 16.6 Å². The summed E-state index contributed by atoms with van der Waals surface area (Å²) in [7, 11) is 4.24. The highest BCUT2D eigenvalue weighted by molar-refractivity contribution is 5.90. The molecule has 1 aliphatic heterocycles. The molecule has 1 N–H and O–H groups in total. The van der Waals surface area contributed by atoms with Gasteiger partial charge in [0, 0.05) is 43.1 Å². The zero-order chi connectivity index (χ0) is 18.1. The Balaban J connectivity index is 1.57. The van der Waals surface area contributed by atoms with Crippen LogP contribution in [0.4, 0.5) is 10.1 Å². The summed E-state index contributed by atoms with van der Waals surface area (Å²) in [6, 6.07) is 7.07. The summed E-state index contributed by atoms with van der Waals surface area (Å²) in [6.07, 6.45) is 7.94. The van der Waals surface area contributed by atoms with E-state index in [-0.39, 0.29) is 5.82 Å². The molecule has 136 valence electrons. The van der Waals surface area contributed by atoms with Gasteiger partial charge in [0.2, 0.25) is 0 Å². The van der Waals surface area contributed by atoms with Crippen molar-refractivity contribution in [3.8, 4) is 0 Å². The van der Waals surface area contributed by atoms with Gasteiger partial charge >= 0.3 is 0 Å². The van der Waals surface area contributed by atoms with Crippen LogP contribution in [0.1, 0.15) is 24.6 Å². The number of aryl methyl sites for hydroxylation is 1. The quantitative estimate of drug-likeness (QED) is 0.778. The maximum absolute atomic E-state index is 13.5. The molecule has 3 heterocycles. The van der Waals surface area contributed by atoms with Crippen molar-refractivity contribution in [3.63, 3.8) is 0 Å². The lowest BCUT2D eigenvalue weighted by Gasteiger charge is -2.39. The normalized spacial score (nSPS) is 21.2. The van der Waals surface area contributed by atoms with E-state index in [1.54, 1.807) is 12.3 Å². The number of piperidine rings is 1. The smallest absolute Gasteiger partial charge is 0.125 e. The van der Waals surface area contributed by atoms with Crippen molar-refractivity contribution < 1.29 is 4.39 Å². The minimum atomic E-state index is -0.257. The Labute approximate surface area is 152 Å². The van der Waals surface area contributed by atoms with E-state index in [0.29, 0.717) is 17.5 Å². The van der Waals surface area contributed by atoms with Gasteiger partial charge < -0.3 is 9.88 Å². The van der Waals surface area contributed by atoms with E-state index in [1.807, 2.05) is 18.6 Å².